The maximum absolute atomic E-state index is 13.4. The van der Waals surface area contributed by atoms with Crippen LogP contribution in [0.25, 0.3) is 22.3 Å². The quantitative estimate of drug-likeness (QED) is 0.179. The summed E-state index contributed by atoms with van der Waals surface area (Å²) >= 11 is 12.5. The number of likely N-dealkylation sites (tertiary alicyclic amines) is 1. The van der Waals surface area contributed by atoms with Crippen LogP contribution in [-0.2, 0) is 11.2 Å². The van der Waals surface area contributed by atoms with Gasteiger partial charge in [0.1, 0.15) is 6.29 Å². The number of aryl methyl sites for hydroxylation is 1. The van der Waals surface area contributed by atoms with Gasteiger partial charge in [-0.3, -0.25) is 4.79 Å². The van der Waals surface area contributed by atoms with Crippen LogP contribution in [0.15, 0.2) is 66.7 Å². The maximum Gasteiger partial charge on any atom is 0.253 e. The van der Waals surface area contributed by atoms with Gasteiger partial charge in [-0.15, -0.1) is 0 Å². The Morgan fingerprint density at radius 3 is 2.49 bits per heavy atom. The van der Waals surface area contributed by atoms with E-state index >= 15 is 0 Å². The highest BCUT2D eigenvalue weighted by molar-refractivity contribution is 6.35. The summed E-state index contributed by atoms with van der Waals surface area (Å²) in [6.45, 7) is 1.45. The number of halogens is 2. The number of nitrogens with zero attached hydrogens (tertiary/aromatic N) is 3. The number of hydrogen-bond donors (Lipinski definition) is 0. The number of fused-ring (bicyclic) bond motifs is 1. The number of rotatable bonds is 8. The number of unbranched alkanes of at least 4 members (excludes halogenated alkanes) is 2. The molecule has 3 aromatic carbocycles. The summed E-state index contributed by atoms with van der Waals surface area (Å²) in [6, 6.07) is 21.2. The van der Waals surface area contributed by atoms with Crippen molar-refractivity contribution in [2.45, 2.75) is 38.0 Å². The number of carbonyl (C=O) groups is 2. The van der Waals surface area contributed by atoms with Gasteiger partial charge in [0.15, 0.2) is 0 Å². The predicted octanol–water partition coefficient (Wildman–Crippen LogP) is 7.15. The van der Waals surface area contributed by atoms with Crippen LogP contribution in [0.2, 0.25) is 10.0 Å². The van der Waals surface area contributed by atoms with Gasteiger partial charge >= 0.3 is 0 Å². The van der Waals surface area contributed by atoms with Crippen LogP contribution in [0.3, 0.4) is 0 Å². The molecular weight excluding hydrogens is 505 g/mol. The van der Waals surface area contributed by atoms with E-state index in [0.29, 0.717) is 57.6 Å². The van der Waals surface area contributed by atoms with Crippen molar-refractivity contribution in [3.05, 3.63) is 93.6 Å². The Morgan fingerprint density at radius 2 is 1.73 bits per heavy atom. The Bertz CT molecular complexity index is 1420. The van der Waals surface area contributed by atoms with Crippen LogP contribution < -0.4 is 0 Å². The van der Waals surface area contributed by atoms with E-state index in [-0.39, 0.29) is 5.91 Å². The van der Waals surface area contributed by atoms with Crippen LogP contribution >= 0.6 is 23.2 Å². The molecule has 37 heavy (non-hydrogen) atoms. The molecule has 5 nitrogen and oxygen atoms in total. The predicted molar refractivity (Wildman–Crippen MR) is 148 cm³/mol. The molecule has 1 unspecified atom stereocenters. The molecule has 0 aliphatic carbocycles. The molecule has 0 bridgehead atoms. The summed E-state index contributed by atoms with van der Waals surface area (Å²) in [5.74, 6) is 0.371. The van der Waals surface area contributed by atoms with Crippen molar-refractivity contribution in [1.82, 2.24) is 14.9 Å². The highest BCUT2D eigenvalue weighted by Crippen LogP contribution is 2.31. The minimum atomic E-state index is 0.0142. The van der Waals surface area contributed by atoms with Crippen molar-refractivity contribution in [3.8, 4) is 11.3 Å². The minimum absolute atomic E-state index is 0.0142. The number of benzene rings is 3. The number of amides is 1. The molecule has 1 aromatic heterocycles. The molecule has 0 spiro atoms. The number of aldehydes is 1. The molecular formula is C30H27Cl2N3O2. The molecule has 1 fully saturated rings. The fourth-order valence-electron chi connectivity index (χ4n) is 4.96. The standard InChI is InChI=1S/C30H27Cl2N3O2/c31-24-15-23(16-25(32)18-24)29-27(9-5-2-6-14-36)33-28-17-21(10-11-26(28)34-29)30(37)35-13-12-22(19-35)20-7-3-1-4-8-20/h1,3-4,7-8,10-11,14-18,22H,2,5-6,9,12-13,19H2. The Balaban J connectivity index is 1.44. The summed E-state index contributed by atoms with van der Waals surface area (Å²) < 4.78 is 0. The highest BCUT2D eigenvalue weighted by Gasteiger charge is 2.28. The van der Waals surface area contributed by atoms with Gasteiger partial charge in [0, 0.05) is 46.6 Å². The summed E-state index contributed by atoms with van der Waals surface area (Å²) in [4.78, 5) is 35.9. The summed E-state index contributed by atoms with van der Waals surface area (Å²) in [6.07, 6.45) is 4.63. The van der Waals surface area contributed by atoms with Crippen LogP contribution in [-0.4, -0.2) is 40.2 Å². The van der Waals surface area contributed by atoms with Crippen LogP contribution in [0.5, 0.6) is 0 Å². The van der Waals surface area contributed by atoms with Crippen molar-refractivity contribution in [2.24, 2.45) is 0 Å². The van der Waals surface area contributed by atoms with Gasteiger partial charge in [-0.25, -0.2) is 9.97 Å². The smallest absolute Gasteiger partial charge is 0.253 e. The van der Waals surface area contributed by atoms with Crippen molar-refractivity contribution in [2.75, 3.05) is 13.1 Å². The number of aromatic nitrogens is 2. The van der Waals surface area contributed by atoms with Crippen molar-refractivity contribution >= 4 is 46.4 Å². The molecule has 1 aliphatic rings. The molecule has 1 saturated heterocycles. The first-order valence-corrected chi connectivity index (χ1v) is 13.3. The molecule has 4 aromatic rings. The molecule has 188 valence electrons. The van der Waals surface area contributed by atoms with Gasteiger partial charge in [0.25, 0.3) is 5.91 Å². The second-order valence-corrected chi connectivity index (χ2v) is 10.3. The van der Waals surface area contributed by atoms with Gasteiger partial charge in [-0.05, 0) is 67.6 Å². The molecule has 1 aliphatic heterocycles. The molecule has 1 amide bonds. The molecule has 7 heteroatoms. The van der Waals surface area contributed by atoms with Gasteiger partial charge in [0.05, 0.1) is 22.4 Å². The van der Waals surface area contributed by atoms with Gasteiger partial charge in [-0.1, -0.05) is 53.5 Å². The van der Waals surface area contributed by atoms with Crippen molar-refractivity contribution in [3.63, 3.8) is 0 Å². The van der Waals surface area contributed by atoms with E-state index in [9.17, 15) is 9.59 Å². The van der Waals surface area contributed by atoms with E-state index in [0.717, 1.165) is 43.4 Å². The first kappa shape index (κ1) is 25.4. The van der Waals surface area contributed by atoms with E-state index in [4.69, 9.17) is 33.2 Å². The topological polar surface area (TPSA) is 63.2 Å². The zero-order valence-electron chi connectivity index (χ0n) is 20.4. The van der Waals surface area contributed by atoms with Gasteiger partial charge in [0.2, 0.25) is 0 Å². The first-order valence-electron chi connectivity index (χ1n) is 12.6. The molecule has 0 saturated carbocycles. The van der Waals surface area contributed by atoms with Crippen LogP contribution in [0, 0.1) is 0 Å². The second kappa shape index (κ2) is 11.4. The lowest BCUT2D eigenvalue weighted by molar-refractivity contribution is -0.107. The second-order valence-electron chi connectivity index (χ2n) is 9.44. The monoisotopic (exact) mass is 531 g/mol. The average Bonchev–Trinajstić information content (AvgIpc) is 3.40. The first-order chi connectivity index (χ1) is 18.0. The lowest BCUT2D eigenvalue weighted by Gasteiger charge is -2.17. The fraction of sp³-hybridized carbons (Fsp3) is 0.267. The summed E-state index contributed by atoms with van der Waals surface area (Å²) in [5, 5.41) is 1.05. The zero-order valence-corrected chi connectivity index (χ0v) is 21.9. The summed E-state index contributed by atoms with van der Waals surface area (Å²) in [7, 11) is 0. The van der Waals surface area contributed by atoms with Gasteiger partial charge in [-0.2, -0.15) is 0 Å². The normalized spacial score (nSPS) is 15.3. The Labute approximate surface area is 226 Å². The third-order valence-corrected chi connectivity index (χ3v) is 7.29. The van der Waals surface area contributed by atoms with E-state index in [1.54, 1.807) is 6.07 Å². The minimum Gasteiger partial charge on any atom is -0.338 e. The Hall–Kier alpha value is -3.28. The van der Waals surface area contributed by atoms with Crippen LogP contribution in [0.4, 0.5) is 0 Å². The fourth-order valence-corrected chi connectivity index (χ4v) is 5.49. The van der Waals surface area contributed by atoms with Gasteiger partial charge < -0.3 is 9.69 Å². The SMILES string of the molecule is O=CCCCCc1nc2cc(C(=O)N3CCC(c4ccccc4)C3)ccc2nc1-c1cc(Cl)cc(Cl)c1. The summed E-state index contributed by atoms with van der Waals surface area (Å²) in [5.41, 5.74) is 5.56. The molecule has 2 heterocycles. The highest BCUT2D eigenvalue weighted by atomic mass is 35.5. The van der Waals surface area contributed by atoms with Crippen molar-refractivity contribution in [1.29, 1.82) is 0 Å². The third-order valence-electron chi connectivity index (χ3n) is 6.85. The number of carbonyl (C=O) groups excluding carboxylic acids is 2. The molecule has 1 atom stereocenters. The van der Waals surface area contributed by atoms with E-state index in [1.807, 2.05) is 53.4 Å². The Morgan fingerprint density at radius 1 is 0.946 bits per heavy atom. The largest absolute Gasteiger partial charge is 0.338 e. The van der Waals surface area contributed by atoms with E-state index in [2.05, 4.69) is 12.1 Å². The van der Waals surface area contributed by atoms with E-state index < -0.39 is 0 Å². The Kier molecular flexibility index (Phi) is 7.82. The molecule has 5 rings (SSSR count). The lowest BCUT2D eigenvalue weighted by Crippen LogP contribution is -2.28. The lowest BCUT2D eigenvalue weighted by atomic mass is 9.99. The van der Waals surface area contributed by atoms with Crippen LogP contribution in [0.1, 0.15) is 53.2 Å². The van der Waals surface area contributed by atoms with Crippen molar-refractivity contribution < 1.29 is 9.59 Å². The molecule has 0 radical (unpaired) electrons. The zero-order chi connectivity index (χ0) is 25.8. The maximum atomic E-state index is 13.4. The number of hydrogen-bond acceptors (Lipinski definition) is 4. The average molecular weight is 532 g/mol. The van der Waals surface area contributed by atoms with E-state index in [1.165, 1.54) is 5.56 Å². The third kappa shape index (κ3) is 5.84. The molecule has 0 N–H and O–H groups in total.